The second kappa shape index (κ2) is 5.11. The minimum atomic E-state index is -0.162. The number of allylic oxidation sites excluding steroid dienone is 2. The summed E-state index contributed by atoms with van der Waals surface area (Å²) in [7, 11) is 0. The van der Waals surface area contributed by atoms with Crippen LogP contribution in [0.4, 0.5) is 11.4 Å². The zero-order chi connectivity index (χ0) is 16.3. The SMILES string of the molecule is CC12C=CC=CC1Nc1ccc(Cl)cc1N=C2N1CC2CC1CN2. The summed E-state index contributed by atoms with van der Waals surface area (Å²) in [5.74, 6) is 1.16. The van der Waals surface area contributed by atoms with Crippen LogP contribution in [0.25, 0.3) is 0 Å². The van der Waals surface area contributed by atoms with E-state index in [0.29, 0.717) is 12.1 Å². The molecule has 124 valence electrons. The first kappa shape index (κ1) is 14.6. The molecule has 4 atom stereocenters. The number of halogens is 1. The van der Waals surface area contributed by atoms with Gasteiger partial charge in [0.15, 0.2) is 0 Å². The largest absolute Gasteiger partial charge is 0.376 e. The first-order valence-corrected chi connectivity index (χ1v) is 9.02. The van der Waals surface area contributed by atoms with E-state index in [1.54, 1.807) is 0 Å². The maximum Gasteiger partial charge on any atom is 0.117 e. The maximum absolute atomic E-state index is 6.24. The molecule has 3 heterocycles. The lowest BCUT2D eigenvalue weighted by atomic mass is 9.77. The van der Waals surface area contributed by atoms with E-state index < -0.39 is 0 Å². The number of likely N-dealkylation sites (tertiary alicyclic amines) is 1. The Morgan fingerprint density at radius 2 is 2.25 bits per heavy atom. The third-order valence-electron chi connectivity index (χ3n) is 5.81. The monoisotopic (exact) mass is 340 g/mol. The van der Waals surface area contributed by atoms with E-state index in [1.165, 1.54) is 6.42 Å². The third kappa shape index (κ3) is 2.06. The normalized spacial score (nSPS) is 36.0. The average Bonchev–Trinajstić information content (AvgIpc) is 3.16. The lowest BCUT2D eigenvalue weighted by Gasteiger charge is -2.42. The van der Waals surface area contributed by atoms with E-state index in [1.807, 2.05) is 18.2 Å². The van der Waals surface area contributed by atoms with Crippen LogP contribution in [0.5, 0.6) is 0 Å². The number of benzene rings is 1. The summed E-state index contributed by atoms with van der Waals surface area (Å²) < 4.78 is 0. The molecule has 0 spiro atoms. The Bertz CT molecular complexity index is 784. The summed E-state index contributed by atoms with van der Waals surface area (Å²) in [6.07, 6.45) is 10.0. The lowest BCUT2D eigenvalue weighted by Crippen LogP contribution is -2.55. The molecule has 2 saturated heterocycles. The Kier molecular flexibility index (Phi) is 3.10. The van der Waals surface area contributed by atoms with Crippen molar-refractivity contribution in [2.24, 2.45) is 10.4 Å². The van der Waals surface area contributed by atoms with Crippen LogP contribution in [-0.2, 0) is 0 Å². The van der Waals surface area contributed by atoms with E-state index >= 15 is 0 Å². The van der Waals surface area contributed by atoms with Crippen LogP contribution in [-0.4, -0.2) is 42.0 Å². The molecule has 1 aromatic rings. The highest BCUT2D eigenvalue weighted by Gasteiger charge is 2.47. The topological polar surface area (TPSA) is 39.7 Å². The highest BCUT2D eigenvalue weighted by atomic mass is 35.5. The van der Waals surface area contributed by atoms with Gasteiger partial charge in [-0.15, -0.1) is 0 Å². The number of rotatable bonds is 0. The predicted molar refractivity (Wildman–Crippen MR) is 99.2 cm³/mol. The summed E-state index contributed by atoms with van der Waals surface area (Å²) in [6, 6.07) is 7.26. The molecule has 0 amide bonds. The Labute approximate surface area is 147 Å². The number of anilines is 1. The molecule has 2 N–H and O–H groups in total. The quantitative estimate of drug-likeness (QED) is 0.761. The molecule has 4 nitrogen and oxygen atoms in total. The summed E-state index contributed by atoms with van der Waals surface area (Å²) in [5, 5.41) is 7.99. The van der Waals surface area contributed by atoms with Gasteiger partial charge >= 0.3 is 0 Å². The minimum absolute atomic E-state index is 0.162. The van der Waals surface area contributed by atoms with E-state index in [2.05, 4.69) is 46.8 Å². The molecule has 0 aromatic heterocycles. The van der Waals surface area contributed by atoms with Gasteiger partial charge < -0.3 is 15.5 Å². The van der Waals surface area contributed by atoms with Crippen LogP contribution >= 0.6 is 11.6 Å². The fourth-order valence-electron chi connectivity index (χ4n) is 4.46. The van der Waals surface area contributed by atoms with Crippen molar-refractivity contribution < 1.29 is 0 Å². The summed E-state index contributed by atoms with van der Waals surface area (Å²) in [5.41, 5.74) is 1.82. The summed E-state index contributed by atoms with van der Waals surface area (Å²) in [4.78, 5) is 7.66. The Balaban J connectivity index is 1.67. The first-order valence-electron chi connectivity index (χ1n) is 8.65. The molecule has 2 bridgehead atoms. The van der Waals surface area contributed by atoms with Gasteiger partial charge in [-0.1, -0.05) is 35.9 Å². The molecular weight excluding hydrogens is 320 g/mol. The second-order valence-corrected chi connectivity index (χ2v) is 7.83. The number of amidine groups is 1. The number of hydrogen-bond donors (Lipinski definition) is 2. The van der Waals surface area contributed by atoms with Gasteiger partial charge in [-0.25, -0.2) is 4.99 Å². The van der Waals surface area contributed by atoms with Gasteiger partial charge in [0.2, 0.25) is 0 Å². The van der Waals surface area contributed by atoms with Crippen molar-refractivity contribution in [3.05, 3.63) is 47.5 Å². The van der Waals surface area contributed by atoms with E-state index in [4.69, 9.17) is 16.6 Å². The number of nitrogens with one attached hydrogen (secondary N) is 2. The summed E-state index contributed by atoms with van der Waals surface area (Å²) in [6.45, 7) is 4.38. The standard InChI is InChI=1S/C19H21ClN4/c1-19-7-3-2-4-17(19)22-15-6-5-12(20)8-16(15)23-18(19)24-11-13-9-14(24)10-21-13/h2-8,13-14,17,21-22H,9-11H2,1H3. The maximum atomic E-state index is 6.24. The average molecular weight is 341 g/mol. The van der Waals surface area contributed by atoms with Gasteiger partial charge in [0, 0.05) is 30.2 Å². The number of hydrogen-bond acceptors (Lipinski definition) is 4. The van der Waals surface area contributed by atoms with Crippen LogP contribution in [0.2, 0.25) is 5.02 Å². The van der Waals surface area contributed by atoms with Crippen molar-refractivity contribution in [1.82, 2.24) is 10.2 Å². The Hall–Kier alpha value is -1.78. The van der Waals surface area contributed by atoms with Crippen LogP contribution in [0.15, 0.2) is 47.5 Å². The number of nitrogens with zero attached hydrogens (tertiary/aromatic N) is 2. The number of piperazine rings is 1. The zero-order valence-electron chi connectivity index (χ0n) is 13.7. The molecule has 24 heavy (non-hydrogen) atoms. The highest BCUT2D eigenvalue weighted by Crippen LogP contribution is 2.43. The van der Waals surface area contributed by atoms with E-state index in [-0.39, 0.29) is 11.5 Å². The van der Waals surface area contributed by atoms with Crippen LogP contribution in [0.3, 0.4) is 0 Å². The molecular formula is C19H21ClN4. The first-order chi connectivity index (χ1) is 11.6. The molecule has 5 rings (SSSR count). The molecule has 4 unspecified atom stereocenters. The highest BCUT2D eigenvalue weighted by molar-refractivity contribution is 6.31. The molecule has 1 aliphatic carbocycles. The van der Waals surface area contributed by atoms with Crippen LogP contribution < -0.4 is 10.6 Å². The van der Waals surface area contributed by atoms with Crippen molar-refractivity contribution >= 4 is 28.8 Å². The number of aliphatic imine (C=N–C) groups is 1. The van der Waals surface area contributed by atoms with Gasteiger partial charge in [0.25, 0.3) is 0 Å². The van der Waals surface area contributed by atoms with Gasteiger partial charge in [-0.05, 0) is 31.5 Å². The molecule has 0 saturated carbocycles. The van der Waals surface area contributed by atoms with Crippen molar-refractivity contribution in [1.29, 1.82) is 0 Å². The Morgan fingerprint density at radius 3 is 3.04 bits per heavy atom. The summed E-state index contributed by atoms with van der Waals surface area (Å²) >= 11 is 6.24. The fraction of sp³-hybridized carbons (Fsp3) is 0.421. The molecule has 2 fully saturated rings. The van der Waals surface area contributed by atoms with Gasteiger partial charge in [0.1, 0.15) is 5.84 Å². The van der Waals surface area contributed by atoms with E-state index in [9.17, 15) is 0 Å². The van der Waals surface area contributed by atoms with Crippen LogP contribution in [0, 0.1) is 5.41 Å². The molecule has 3 aliphatic heterocycles. The van der Waals surface area contributed by atoms with Crippen molar-refractivity contribution in [2.45, 2.75) is 31.5 Å². The smallest absolute Gasteiger partial charge is 0.117 e. The van der Waals surface area contributed by atoms with Gasteiger partial charge in [-0.3, -0.25) is 0 Å². The third-order valence-corrected chi connectivity index (χ3v) is 6.05. The number of fused-ring (bicyclic) bond motifs is 4. The predicted octanol–water partition coefficient (Wildman–Crippen LogP) is 3.34. The molecule has 0 radical (unpaired) electrons. The minimum Gasteiger partial charge on any atom is -0.376 e. The van der Waals surface area contributed by atoms with Gasteiger partial charge in [0.05, 0.1) is 22.8 Å². The molecule has 5 heteroatoms. The lowest BCUT2D eigenvalue weighted by molar-refractivity contribution is 0.312. The molecule has 1 aromatic carbocycles. The van der Waals surface area contributed by atoms with Crippen molar-refractivity contribution in [2.75, 3.05) is 18.4 Å². The zero-order valence-corrected chi connectivity index (χ0v) is 14.4. The van der Waals surface area contributed by atoms with Crippen molar-refractivity contribution in [3.63, 3.8) is 0 Å². The van der Waals surface area contributed by atoms with Crippen LogP contribution in [0.1, 0.15) is 13.3 Å². The Morgan fingerprint density at radius 1 is 1.33 bits per heavy atom. The fourth-order valence-corrected chi connectivity index (χ4v) is 4.63. The second-order valence-electron chi connectivity index (χ2n) is 7.39. The van der Waals surface area contributed by atoms with Crippen molar-refractivity contribution in [3.8, 4) is 0 Å². The van der Waals surface area contributed by atoms with E-state index in [0.717, 1.165) is 35.3 Å². The molecule has 4 aliphatic rings. The van der Waals surface area contributed by atoms with Gasteiger partial charge in [-0.2, -0.15) is 0 Å².